The van der Waals surface area contributed by atoms with Crippen molar-refractivity contribution >= 4 is 12.0 Å². The summed E-state index contributed by atoms with van der Waals surface area (Å²) in [6.45, 7) is 1.43. The number of benzene rings is 1. The number of methoxy groups -OCH3 is 1. The third-order valence-electron chi connectivity index (χ3n) is 4.05. The molecule has 6 nitrogen and oxygen atoms in total. The van der Waals surface area contributed by atoms with Gasteiger partial charge in [0.2, 0.25) is 0 Å². The van der Waals surface area contributed by atoms with Gasteiger partial charge in [0.05, 0.1) is 17.6 Å². The van der Waals surface area contributed by atoms with E-state index in [-0.39, 0.29) is 70.9 Å². The van der Waals surface area contributed by atoms with E-state index >= 15 is 0 Å². The van der Waals surface area contributed by atoms with Crippen LogP contribution in [-0.4, -0.2) is 42.2 Å². The van der Waals surface area contributed by atoms with E-state index in [1.165, 1.54) is 20.1 Å². The average Bonchev–Trinajstić information content (AvgIpc) is 2.87. The minimum absolute atomic E-state index is 0. The van der Waals surface area contributed by atoms with Crippen molar-refractivity contribution in [1.82, 2.24) is 10.2 Å². The molecule has 2 unspecified atom stereocenters. The van der Waals surface area contributed by atoms with Crippen molar-refractivity contribution in [3.05, 3.63) is 35.4 Å². The van der Waals surface area contributed by atoms with Gasteiger partial charge in [-0.1, -0.05) is 6.07 Å². The van der Waals surface area contributed by atoms with E-state index in [0.29, 0.717) is 5.56 Å². The molecule has 1 saturated heterocycles. The van der Waals surface area contributed by atoms with E-state index in [1.54, 1.807) is 0 Å². The van der Waals surface area contributed by atoms with Crippen LogP contribution in [0, 0.1) is 11.6 Å². The molecule has 0 radical (unpaired) electrons. The summed E-state index contributed by atoms with van der Waals surface area (Å²) in [6, 6.07) is 2.62. The summed E-state index contributed by atoms with van der Waals surface area (Å²) in [7, 11) is 1.43. The zero-order valence-corrected chi connectivity index (χ0v) is 16.9. The Hall–Kier alpha value is -0.584. The number of hydrogen-bond donors (Lipinski definition) is 1. The standard InChI is InChI=1S/C15H18F2N2O4.K/c1-15(13(20)21)6-10(23-2)8-19(15)14(22)18-7-9-3-4-11(16)12(17)5-9;/h3-5,10H,6-8H2,1-2H3,(H,18,22)(H,20,21);/q;+1/p-1. The molecule has 0 saturated carbocycles. The van der Waals surface area contributed by atoms with Gasteiger partial charge in [-0.05, 0) is 24.6 Å². The fourth-order valence-electron chi connectivity index (χ4n) is 2.60. The first-order chi connectivity index (χ1) is 10.8. The number of nitrogens with one attached hydrogen (secondary N) is 1. The van der Waals surface area contributed by atoms with Gasteiger partial charge in [0.15, 0.2) is 11.6 Å². The number of nitrogens with zero attached hydrogens (tertiary/aromatic N) is 1. The van der Waals surface area contributed by atoms with Gasteiger partial charge >= 0.3 is 57.4 Å². The van der Waals surface area contributed by atoms with Crippen LogP contribution in [0.25, 0.3) is 0 Å². The van der Waals surface area contributed by atoms with Gasteiger partial charge in [-0.3, -0.25) is 0 Å². The van der Waals surface area contributed by atoms with Crippen molar-refractivity contribution in [1.29, 1.82) is 0 Å². The predicted molar refractivity (Wildman–Crippen MR) is 74.1 cm³/mol. The molecule has 0 bridgehead atoms. The van der Waals surface area contributed by atoms with Crippen LogP contribution in [0.2, 0.25) is 0 Å². The third kappa shape index (κ3) is 4.52. The molecule has 2 amide bonds. The van der Waals surface area contributed by atoms with Crippen molar-refractivity contribution in [3.63, 3.8) is 0 Å². The second kappa shape index (κ2) is 8.68. The van der Waals surface area contributed by atoms with Gasteiger partial charge in [0.25, 0.3) is 0 Å². The van der Waals surface area contributed by atoms with Crippen LogP contribution in [-0.2, 0) is 16.1 Å². The SMILES string of the molecule is COC1CN(C(=O)NCc2ccc(F)c(F)c2)C(C)(C(=O)[O-])C1.[K+]. The van der Waals surface area contributed by atoms with Crippen molar-refractivity contribution in [3.8, 4) is 0 Å². The normalized spacial score (nSPS) is 22.8. The monoisotopic (exact) mass is 366 g/mol. The maximum Gasteiger partial charge on any atom is 1.00 e. The molecule has 0 spiro atoms. The number of carbonyl (C=O) groups excluding carboxylic acids is 2. The van der Waals surface area contributed by atoms with Crippen LogP contribution in [0.5, 0.6) is 0 Å². The number of likely N-dealkylation sites (tertiary alicyclic amines) is 1. The van der Waals surface area contributed by atoms with Gasteiger partial charge in [-0.25, -0.2) is 13.6 Å². The van der Waals surface area contributed by atoms with Gasteiger partial charge in [-0.2, -0.15) is 0 Å². The molecule has 1 N–H and O–H groups in total. The van der Waals surface area contributed by atoms with Crippen molar-refractivity contribution in [2.45, 2.75) is 31.5 Å². The molecule has 1 aliphatic rings. The van der Waals surface area contributed by atoms with E-state index in [1.807, 2.05) is 0 Å². The minimum Gasteiger partial charge on any atom is -0.548 e. The maximum atomic E-state index is 13.1. The molecule has 0 aromatic heterocycles. The smallest absolute Gasteiger partial charge is 0.548 e. The Kier molecular flexibility index (Phi) is 7.76. The van der Waals surface area contributed by atoms with E-state index in [0.717, 1.165) is 17.0 Å². The summed E-state index contributed by atoms with van der Waals surface area (Å²) in [5.74, 6) is -3.37. The summed E-state index contributed by atoms with van der Waals surface area (Å²) < 4.78 is 31.1. The first-order valence-electron chi connectivity index (χ1n) is 7.01. The quantitative estimate of drug-likeness (QED) is 0.593. The predicted octanol–water partition coefficient (Wildman–Crippen LogP) is -2.59. The summed E-state index contributed by atoms with van der Waals surface area (Å²) >= 11 is 0. The van der Waals surface area contributed by atoms with Crippen molar-refractivity contribution < 1.29 is 79.6 Å². The number of amides is 2. The molecular formula is C15H17F2KN2O4. The van der Waals surface area contributed by atoms with Gasteiger partial charge in [0.1, 0.15) is 0 Å². The average molecular weight is 366 g/mol. The number of ether oxygens (including phenoxy) is 1. The summed E-state index contributed by atoms with van der Waals surface area (Å²) in [4.78, 5) is 24.8. The molecule has 2 rings (SSSR count). The van der Waals surface area contributed by atoms with E-state index < -0.39 is 35.3 Å². The van der Waals surface area contributed by atoms with Crippen LogP contribution in [0.4, 0.5) is 13.6 Å². The third-order valence-corrected chi connectivity index (χ3v) is 4.05. The molecular weight excluding hydrogens is 349 g/mol. The summed E-state index contributed by atoms with van der Waals surface area (Å²) in [5.41, 5.74) is -1.13. The van der Waals surface area contributed by atoms with Gasteiger partial charge in [-0.15, -0.1) is 0 Å². The Morgan fingerprint density at radius 1 is 1.42 bits per heavy atom. The number of carboxylic acid groups (broad SMARTS) is 1. The Morgan fingerprint density at radius 3 is 2.62 bits per heavy atom. The molecule has 0 aliphatic carbocycles. The van der Waals surface area contributed by atoms with Crippen LogP contribution in [0.15, 0.2) is 18.2 Å². The Morgan fingerprint density at radius 2 is 2.08 bits per heavy atom. The van der Waals surface area contributed by atoms with Crippen LogP contribution in [0.1, 0.15) is 18.9 Å². The molecule has 1 fully saturated rings. The topological polar surface area (TPSA) is 81.7 Å². The number of hydrogen-bond acceptors (Lipinski definition) is 4. The van der Waals surface area contributed by atoms with Crippen LogP contribution >= 0.6 is 0 Å². The summed E-state index contributed by atoms with van der Waals surface area (Å²) in [5, 5.41) is 13.9. The van der Waals surface area contributed by atoms with E-state index in [4.69, 9.17) is 4.74 Å². The molecule has 1 heterocycles. The Balaban J connectivity index is 0.00000288. The fraction of sp³-hybridized carbons (Fsp3) is 0.467. The van der Waals surface area contributed by atoms with Crippen LogP contribution in [0.3, 0.4) is 0 Å². The maximum absolute atomic E-state index is 13.1. The first kappa shape index (κ1) is 21.5. The second-order valence-electron chi connectivity index (χ2n) is 5.64. The van der Waals surface area contributed by atoms with E-state index in [9.17, 15) is 23.5 Å². The molecule has 9 heteroatoms. The first-order valence-corrected chi connectivity index (χ1v) is 7.01. The number of rotatable bonds is 4. The number of halogens is 2. The second-order valence-corrected chi connectivity index (χ2v) is 5.64. The molecule has 24 heavy (non-hydrogen) atoms. The Labute approximate surface area is 181 Å². The largest absolute Gasteiger partial charge is 1.00 e. The molecule has 1 aromatic rings. The van der Waals surface area contributed by atoms with Gasteiger partial charge < -0.3 is 24.9 Å². The molecule has 2 atom stereocenters. The zero-order chi connectivity index (χ0) is 17.2. The molecule has 126 valence electrons. The minimum atomic E-state index is -1.49. The van der Waals surface area contributed by atoms with Crippen molar-refractivity contribution in [2.24, 2.45) is 0 Å². The number of carboxylic acids is 1. The van der Waals surface area contributed by atoms with E-state index in [2.05, 4.69) is 5.32 Å². The van der Waals surface area contributed by atoms with Gasteiger partial charge in [0, 0.05) is 26.6 Å². The number of carbonyl (C=O) groups is 2. The van der Waals surface area contributed by atoms with Crippen molar-refractivity contribution in [2.75, 3.05) is 13.7 Å². The summed E-state index contributed by atoms with van der Waals surface area (Å²) in [6.07, 6.45) is -0.295. The van der Waals surface area contributed by atoms with Crippen LogP contribution < -0.4 is 61.8 Å². The fourth-order valence-corrected chi connectivity index (χ4v) is 2.60. The zero-order valence-electron chi connectivity index (χ0n) is 13.8. The number of aliphatic carboxylic acids is 1. The number of urea groups is 1. The molecule has 1 aromatic carbocycles. The Bertz CT molecular complexity index is 631. The molecule has 1 aliphatic heterocycles.